The fraction of sp³-hybridized carbons (Fsp3) is 0.200. The Balaban J connectivity index is 1.84. The molecule has 29 heavy (non-hydrogen) atoms. The van der Waals surface area contributed by atoms with E-state index in [0.29, 0.717) is 16.9 Å². The number of benzene rings is 1. The van der Waals surface area contributed by atoms with Crippen molar-refractivity contribution in [2.75, 3.05) is 26.0 Å². The van der Waals surface area contributed by atoms with Crippen LogP contribution in [0.2, 0.25) is 0 Å². The van der Waals surface area contributed by atoms with Crippen LogP contribution in [0.3, 0.4) is 0 Å². The van der Waals surface area contributed by atoms with Gasteiger partial charge in [-0.1, -0.05) is 28.7 Å². The first-order chi connectivity index (χ1) is 14.1. The number of ether oxygens (including phenoxy) is 1. The third-order valence-corrected chi connectivity index (χ3v) is 6.27. The minimum atomic E-state index is -0.184. The van der Waals surface area contributed by atoms with Crippen LogP contribution in [-0.2, 0) is 0 Å². The van der Waals surface area contributed by atoms with Crippen LogP contribution in [0.25, 0.3) is 32.6 Å². The lowest BCUT2D eigenvalue weighted by atomic mass is 10.0. The van der Waals surface area contributed by atoms with Crippen molar-refractivity contribution in [3.8, 4) is 27.6 Å². The van der Waals surface area contributed by atoms with Crippen molar-refractivity contribution in [2.45, 2.75) is 6.92 Å². The van der Waals surface area contributed by atoms with E-state index >= 15 is 0 Å². The highest BCUT2D eigenvalue weighted by Crippen LogP contribution is 2.39. The lowest BCUT2D eigenvalue weighted by molar-refractivity contribution is 0.224. The lowest BCUT2D eigenvalue weighted by Gasteiger charge is -2.13. The van der Waals surface area contributed by atoms with Gasteiger partial charge in [0.25, 0.3) is 5.19 Å². The van der Waals surface area contributed by atoms with Crippen molar-refractivity contribution >= 4 is 44.1 Å². The molecule has 9 heteroatoms. The van der Waals surface area contributed by atoms with Crippen LogP contribution in [-0.4, -0.2) is 46.6 Å². The fourth-order valence-corrected chi connectivity index (χ4v) is 4.38. The van der Waals surface area contributed by atoms with Gasteiger partial charge < -0.3 is 9.64 Å². The second-order valence-electron chi connectivity index (χ2n) is 6.28. The summed E-state index contributed by atoms with van der Waals surface area (Å²) in [6.45, 7) is 2.54. The van der Waals surface area contributed by atoms with Crippen molar-refractivity contribution in [1.29, 1.82) is 0 Å². The van der Waals surface area contributed by atoms with Gasteiger partial charge in [0.2, 0.25) is 0 Å². The number of amides is 2. The maximum atomic E-state index is 12.3. The average Bonchev–Trinajstić information content (AvgIpc) is 3.39. The van der Waals surface area contributed by atoms with Gasteiger partial charge in [-0.25, -0.2) is 14.8 Å². The highest BCUT2D eigenvalue weighted by Gasteiger charge is 2.17. The molecule has 0 aliphatic rings. The van der Waals surface area contributed by atoms with Gasteiger partial charge in [0, 0.05) is 42.5 Å². The molecule has 7 nitrogen and oxygen atoms in total. The second kappa shape index (κ2) is 8.14. The Morgan fingerprint density at radius 1 is 1.28 bits per heavy atom. The predicted octanol–water partition coefficient (Wildman–Crippen LogP) is 4.97. The maximum Gasteiger partial charge on any atom is 0.323 e. The number of carbonyl (C=O) groups excluding carboxylic acids is 1. The first-order valence-corrected chi connectivity index (χ1v) is 10.7. The summed E-state index contributed by atoms with van der Waals surface area (Å²) in [6, 6.07) is 7.81. The third kappa shape index (κ3) is 3.92. The van der Waals surface area contributed by atoms with Crippen LogP contribution in [0.4, 0.5) is 9.93 Å². The number of hydrogen-bond donors (Lipinski definition) is 1. The molecule has 1 N–H and O–H groups in total. The van der Waals surface area contributed by atoms with Crippen LogP contribution >= 0.6 is 22.7 Å². The zero-order valence-corrected chi connectivity index (χ0v) is 17.8. The molecule has 0 bridgehead atoms. The van der Waals surface area contributed by atoms with Gasteiger partial charge in [-0.2, -0.15) is 0 Å². The highest BCUT2D eigenvalue weighted by molar-refractivity contribution is 7.23. The Hall–Kier alpha value is -3.04. The lowest BCUT2D eigenvalue weighted by Crippen LogP contribution is -2.30. The number of carbonyl (C=O) groups is 1. The summed E-state index contributed by atoms with van der Waals surface area (Å²) in [5.41, 5.74) is 4.54. The monoisotopic (exact) mass is 425 g/mol. The summed E-state index contributed by atoms with van der Waals surface area (Å²) < 4.78 is 6.22. The van der Waals surface area contributed by atoms with E-state index in [1.807, 2.05) is 36.7 Å². The Morgan fingerprint density at radius 2 is 2.14 bits per heavy atom. The molecular weight excluding hydrogens is 406 g/mol. The van der Waals surface area contributed by atoms with E-state index in [2.05, 4.69) is 26.3 Å². The molecule has 0 unspecified atom stereocenters. The van der Waals surface area contributed by atoms with Gasteiger partial charge in [-0.3, -0.25) is 10.3 Å². The van der Waals surface area contributed by atoms with Gasteiger partial charge in [0.1, 0.15) is 0 Å². The number of aromatic nitrogens is 3. The number of hydrogen-bond acceptors (Lipinski definition) is 7. The first-order valence-electron chi connectivity index (χ1n) is 8.96. The Labute approximate surface area is 176 Å². The van der Waals surface area contributed by atoms with Crippen molar-refractivity contribution in [1.82, 2.24) is 19.9 Å². The summed E-state index contributed by atoms with van der Waals surface area (Å²) in [5.74, 6) is 0. The van der Waals surface area contributed by atoms with Crippen LogP contribution < -0.4 is 10.1 Å². The molecule has 0 fully saturated rings. The van der Waals surface area contributed by atoms with Gasteiger partial charge in [0.05, 0.1) is 23.0 Å². The molecule has 0 saturated carbocycles. The number of fused-ring (bicyclic) bond motifs is 1. The molecule has 0 radical (unpaired) electrons. The molecule has 4 rings (SSSR count). The smallest absolute Gasteiger partial charge is 0.323 e. The molecule has 0 spiro atoms. The zero-order valence-electron chi connectivity index (χ0n) is 16.2. The molecule has 3 heterocycles. The standard InChI is InChI=1S/C20H19N5O2S2/c1-4-25(2)19(26)24-18-22-15-9-13(12-6-5-7-21-10-12)8-14(17(15)29-18)16-11-28-20(23-16)27-3/h5-11H,4H2,1-3H3,(H,22,24,26). The summed E-state index contributed by atoms with van der Waals surface area (Å²) in [6.07, 6.45) is 3.56. The zero-order chi connectivity index (χ0) is 20.4. The number of methoxy groups -OCH3 is 1. The van der Waals surface area contributed by atoms with Gasteiger partial charge in [0.15, 0.2) is 5.13 Å². The number of urea groups is 1. The number of rotatable bonds is 5. The number of thiazole rings is 2. The minimum Gasteiger partial charge on any atom is -0.473 e. The van der Waals surface area contributed by atoms with E-state index in [4.69, 9.17) is 4.74 Å². The number of pyridine rings is 1. The molecule has 0 atom stereocenters. The molecule has 0 saturated heterocycles. The largest absolute Gasteiger partial charge is 0.473 e. The topological polar surface area (TPSA) is 80.2 Å². The fourth-order valence-electron chi connectivity index (χ4n) is 2.78. The van der Waals surface area contributed by atoms with Crippen molar-refractivity contribution in [3.05, 3.63) is 42.0 Å². The van der Waals surface area contributed by atoms with E-state index < -0.39 is 0 Å². The molecule has 4 aromatic rings. The summed E-state index contributed by atoms with van der Waals surface area (Å²) in [7, 11) is 3.35. The Morgan fingerprint density at radius 3 is 2.83 bits per heavy atom. The van der Waals surface area contributed by atoms with Crippen LogP contribution in [0.5, 0.6) is 5.19 Å². The summed E-state index contributed by atoms with van der Waals surface area (Å²) in [4.78, 5) is 27.3. The molecule has 0 aliphatic carbocycles. The van der Waals surface area contributed by atoms with Crippen LogP contribution in [0, 0.1) is 0 Å². The minimum absolute atomic E-state index is 0.184. The first kappa shape index (κ1) is 19.3. The van der Waals surface area contributed by atoms with Gasteiger partial charge >= 0.3 is 6.03 Å². The number of nitrogens with one attached hydrogen (secondary N) is 1. The highest BCUT2D eigenvalue weighted by atomic mass is 32.1. The SMILES string of the molecule is CCN(C)C(=O)Nc1nc2cc(-c3cccnc3)cc(-c3csc(OC)n3)c2s1. The van der Waals surface area contributed by atoms with E-state index in [9.17, 15) is 4.79 Å². The predicted molar refractivity (Wildman–Crippen MR) is 118 cm³/mol. The quantitative estimate of drug-likeness (QED) is 0.488. The van der Waals surface area contributed by atoms with Crippen LogP contribution in [0.1, 0.15) is 6.92 Å². The molecular formula is C20H19N5O2S2. The van der Waals surface area contributed by atoms with Gasteiger partial charge in [-0.15, -0.1) is 0 Å². The molecule has 3 aromatic heterocycles. The maximum absolute atomic E-state index is 12.3. The molecule has 2 amide bonds. The number of nitrogens with zero attached hydrogens (tertiary/aromatic N) is 4. The molecule has 148 valence electrons. The number of anilines is 1. The van der Waals surface area contributed by atoms with Gasteiger partial charge in [-0.05, 0) is 30.7 Å². The van der Waals surface area contributed by atoms with Crippen molar-refractivity contribution < 1.29 is 9.53 Å². The van der Waals surface area contributed by atoms with Crippen molar-refractivity contribution in [3.63, 3.8) is 0 Å². The Kier molecular flexibility index (Phi) is 5.41. The summed E-state index contributed by atoms with van der Waals surface area (Å²) in [5, 5.41) is 5.99. The third-order valence-electron chi connectivity index (χ3n) is 4.45. The van der Waals surface area contributed by atoms with Crippen LogP contribution in [0.15, 0.2) is 42.0 Å². The Bertz CT molecular complexity index is 1160. The average molecular weight is 426 g/mol. The second-order valence-corrected chi connectivity index (χ2v) is 8.10. The van der Waals surface area contributed by atoms with E-state index in [1.165, 1.54) is 22.7 Å². The molecule has 0 aliphatic heterocycles. The van der Waals surface area contributed by atoms with E-state index in [-0.39, 0.29) is 6.03 Å². The van der Waals surface area contributed by atoms with Crippen molar-refractivity contribution in [2.24, 2.45) is 0 Å². The molecule has 1 aromatic carbocycles. The summed E-state index contributed by atoms with van der Waals surface area (Å²) >= 11 is 2.88. The van der Waals surface area contributed by atoms with E-state index in [0.717, 1.165) is 32.6 Å². The normalized spacial score (nSPS) is 10.9. The van der Waals surface area contributed by atoms with E-state index in [1.54, 1.807) is 25.3 Å².